The normalized spacial score (nSPS) is 19.1. The lowest BCUT2D eigenvalue weighted by atomic mass is 10.0. The maximum Gasteiger partial charge on any atom is 0.0710 e. The molecule has 0 atom stereocenters. The van der Waals surface area contributed by atoms with Gasteiger partial charge in [-0.05, 0) is 26.0 Å². The number of nitrogens with one attached hydrogen (secondary N) is 2. The highest BCUT2D eigenvalue weighted by Gasteiger charge is 2.26. The molecule has 0 amide bonds. The summed E-state index contributed by atoms with van der Waals surface area (Å²) in [5.41, 5.74) is 3.58. The monoisotopic (exact) mass is 271 g/mol. The number of H-pyrrole nitrogens is 1. The Hall–Kier alpha value is -1.72. The third-order valence-electron chi connectivity index (χ3n) is 3.71. The zero-order chi connectivity index (χ0) is 14.0. The van der Waals surface area contributed by atoms with E-state index in [9.17, 15) is 0 Å². The number of hydrogen-bond donors (Lipinski definition) is 2. The van der Waals surface area contributed by atoms with Gasteiger partial charge in [0.2, 0.25) is 0 Å². The molecule has 5 nitrogen and oxygen atoms in total. The van der Waals surface area contributed by atoms with Crippen LogP contribution in [0.1, 0.15) is 19.4 Å². The van der Waals surface area contributed by atoms with Crippen LogP contribution in [0.15, 0.2) is 30.7 Å². The second-order valence-electron chi connectivity index (χ2n) is 6.03. The van der Waals surface area contributed by atoms with Gasteiger partial charge in [-0.25, -0.2) is 0 Å². The van der Waals surface area contributed by atoms with E-state index < -0.39 is 0 Å². The fourth-order valence-electron chi connectivity index (χ4n) is 2.81. The van der Waals surface area contributed by atoms with Crippen molar-refractivity contribution in [3.8, 4) is 11.3 Å². The fraction of sp³-hybridized carbons (Fsp3) is 0.467. The summed E-state index contributed by atoms with van der Waals surface area (Å²) in [5, 5.41) is 10.8. The molecule has 0 aliphatic carbocycles. The number of piperazine rings is 1. The summed E-state index contributed by atoms with van der Waals surface area (Å²) in [7, 11) is 0. The van der Waals surface area contributed by atoms with Crippen LogP contribution in [0.4, 0.5) is 0 Å². The van der Waals surface area contributed by atoms with Gasteiger partial charge in [-0.3, -0.25) is 15.0 Å². The molecule has 3 rings (SSSR count). The molecule has 1 aliphatic heterocycles. The predicted molar refractivity (Wildman–Crippen MR) is 79.2 cm³/mol. The Morgan fingerprint density at radius 2 is 2.25 bits per heavy atom. The lowest BCUT2D eigenvalue weighted by Crippen LogP contribution is -2.56. The summed E-state index contributed by atoms with van der Waals surface area (Å²) in [6, 6.07) is 4.01. The van der Waals surface area contributed by atoms with Crippen LogP contribution in [0, 0.1) is 0 Å². The van der Waals surface area contributed by atoms with Crippen LogP contribution in [0.5, 0.6) is 0 Å². The van der Waals surface area contributed by atoms with Crippen LogP contribution in [0.25, 0.3) is 11.3 Å². The van der Waals surface area contributed by atoms with Gasteiger partial charge in [-0.15, -0.1) is 0 Å². The molecule has 2 aromatic heterocycles. The number of aromatic amines is 1. The van der Waals surface area contributed by atoms with Crippen molar-refractivity contribution >= 4 is 0 Å². The van der Waals surface area contributed by atoms with E-state index in [0.717, 1.165) is 37.4 Å². The van der Waals surface area contributed by atoms with E-state index >= 15 is 0 Å². The minimum atomic E-state index is 0.177. The van der Waals surface area contributed by atoms with Crippen LogP contribution in [0.2, 0.25) is 0 Å². The average Bonchev–Trinajstić information content (AvgIpc) is 2.87. The van der Waals surface area contributed by atoms with Crippen LogP contribution in [-0.4, -0.2) is 45.3 Å². The molecule has 20 heavy (non-hydrogen) atoms. The third kappa shape index (κ3) is 2.89. The van der Waals surface area contributed by atoms with E-state index in [-0.39, 0.29) is 5.54 Å². The van der Waals surface area contributed by atoms with E-state index in [1.807, 2.05) is 18.5 Å². The average molecular weight is 271 g/mol. The molecule has 2 N–H and O–H groups in total. The summed E-state index contributed by atoms with van der Waals surface area (Å²) < 4.78 is 0. The molecule has 0 spiro atoms. The highest BCUT2D eigenvalue weighted by Crippen LogP contribution is 2.22. The Bertz CT molecular complexity index is 561. The van der Waals surface area contributed by atoms with Crippen LogP contribution in [-0.2, 0) is 6.54 Å². The van der Waals surface area contributed by atoms with Gasteiger partial charge >= 0.3 is 0 Å². The third-order valence-corrected chi connectivity index (χ3v) is 3.71. The van der Waals surface area contributed by atoms with E-state index in [1.165, 1.54) is 5.56 Å². The molecule has 1 aliphatic rings. The lowest BCUT2D eigenvalue weighted by molar-refractivity contribution is 0.148. The second-order valence-corrected chi connectivity index (χ2v) is 6.03. The molecule has 0 saturated carbocycles. The maximum absolute atomic E-state index is 4.21. The highest BCUT2D eigenvalue weighted by atomic mass is 15.2. The van der Waals surface area contributed by atoms with Crippen LogP contribution in [0.3, 0.4) is 0 Å². The minimum absolute atomic E-state index is 0.177. The van der Waals surface area contributed by atoms with Gasteiger partial charge in [-0.1, -0.05) is 0 Å². The number of nitrogens with zero attached hydrogens (tertiary/aromatic N) is 3. The van der Waals surface area contributed by atoms with Gasteiger partial charge in [0.15, 0.2) is 0 Å². The van der Waals surface area contributed by atoms with Crippen molar-refractivity contribution in [1.29, 1.82) is 0 Å². The summed E-state index contributed by atoms with van der Waals surface area (Å²) in [5.74, 6) is 0. The largest absolute Gasteiger partial charge is 0.309 e. The Labute approximate surface area is 119 Å². The predicted octanol–water partition coefficient (Wildman–Crippen LogP) is 1.66. The summed E-state index contributed by atoms with van der Waals surface area (Å²) in [4.78, 5) is 6.65. The van der Waals surface area contributed by atoms with Crippen LogP contribution < -0.4 is 5.32 Å². The second kappa shape index (κ2) is 5.34. The molecule has 106 valence electrons. The Morgan fingerprint density at radius 3 is 3.00 bits per heavy atom. The van der Waals surface area contributed by atoms with E-state index in [1.54, 1.807) is 6.20 Å². The SMILES string of the molecule is CC1(C)CN(Cc2cn[nH]c2-c2cccnc2)CCN1. The first-order chi connectivity index (χ1) is 9.64. The zero-order valence-electron chi connectivity index (χ0n) is 12.1. The van der Waals surface area contributed by atoms with Gasteiger partial charge in [0.25, 0.3) is 0 Å². The van der Waals surface area contributed by atoms with Crippen molar-refractivity contribution in [1.82, 2.24) is 25.4 Å². The van der Waals surface area contributed by atoms with Gasteiger partial charge in [-0.2, -0.15) is 5.10 Å². The molecule has 1 saturated heterocycles. The van der Waals surface area contributed by atoms with E-state index in [0.29, 0.717) is 0 Å². The molecule has 1 fully saturated rings. The maximum atomic E-state index is 4.21. The summed E-state index contributed by atoms with van der Waals surface area (Å²) in [6.45, 7) is 8.57. The smallest absolute Gasteiger partial charge is 0.0710 e. The first-order valence-electron chi connectivity index (χ1n) is 7.04. The first-order valence-corrected chi connectivity index (χ1v) is 7.04. The molecular formula is C15H21N5. The quantitative estimate of drug-likeness (QED) is 0.891. The van der Waals surface area contributed by atoms with Crippen LogP contribution >= 0.6 is 0 Å². The molecular weight excluding hydrogens is 250 g/mol. The number of hydrogen-bond acceptors (Lipinski definition) is 4. The van der Waals surface area contributed by atoms with Crippen molar-refractivity contribution in [3.63, 3.8) is 0 Å². The minimum Gasteiger partial charge on any atom is -0.309 e. The van der Waals surface area contributed by atoms with Gasteiger partial charge < -0.3 is 5.32 Å². The lowest BCUT2D eigenvalue weighted by Gasteiger charge is -2.39. The number of aromatic nitrogens is 3. The summed E-state index contributed by atoms with van der Waals surface area (Å²) >= 11 is 0. The van der Waals surface area contributed by atoms with E-state index in [4.69, 9.17) is 0 Å². The molecule has 0 bridgehead atoms. The molecule has 3 heterocycles. The van der Waals surface area contributed by atoms with Crippen molar-refractivity contribution in [2.24, 2.45) is 0 Å². The van der Waals surface area contributed by atoms with Gasteiger partial charge in [0.05, 0.1) is 11.9 Å². The van der Waals surface area contributed by atoms with Crippen molar-refractivity contribution in [2.45, 2.75) is 25.9 Å². The molecule has 0 radical (unpaired) electrons. The van der Waals surface area contributed by atoms with Gasteiger partial charge in [0, 0.05) is 55.2 Å². The fourth-order valence-corrected chi connectivity index (χ4v) is 2.81. The number of pyridine rings is 1. The Morgan fingerprint density at radius 1 is 1.35 bits per heavy atom. The van der Waals surface area contributed by atoms with E-state index in [2.05, 4.69) is 45.3 Å². The van der Waals surface area contributed by atoms with Gasteiger partial charge in [0.1, 0.15) is 0 Å². The van der Waals surface area contributed by atoms with Crippen molar-refractivity contribution in [3.05, 3.63) is 36.3 Å². The zero-order valence-corrected chi connectivity index (χ0v) is 12.1. The standard InChI is InChI=1S/C15H21N5/c1-15(2)11-20(7-6-17-15)10-13-9-18-19-14(13)12-4-3-5-16-8-12/h3-5,8-9,17H,6-7,10-11H2,1-2H3,(H,18,19). The Balaban J connectivity index is 1.77. The topological polar surface area (TPSA) is 56.8 Å². The first kappa shape index (κ1) is 13.3. The Kier molecular flexibility index (Phi) is 3.54. The highest BCUT2D eigenvalue weighted by molar-refractivity contribution is 5.61. The van der Waals surface area contributed by atoms with Crippen molar-refractivity contribution in [2.75, 3.05) is 19.6 Å². The molecule has 5 heteroatoms. The number of rotatable bonds is 3. The van der Waals surface area contributed by atoms with Crippen molar-refractivity contribution < 1.29 is 0 Å². The molecule has 0 aromatic carbocycles. The summed E-state index contributed by atoms with van der Waals surface area (Å²) in [6.07, 6.45) is 5.59. The molecule has 2 aromatic rings. The molecule has 0 unspecified atom stereocenters.